The lowest BCUT2D eigenvalue weighted by molar-refractivity contribution is -0.124. The number of benzene rings is 3. The minimum absolute atomic E-state index is 0.145. The molecule has 1 saturated heterocycles. The van der Waals surface area contributed by atoms with Crippen molar-refractivity contribution in [3.63, 3.8) is 0 Å². The summed E-state index contributed by atoms with van der Waals surface area (Å²) in [5.74, 6) is 0.433. The molecular weight excluding hydrogens is 458 g/mol. The second kappa shape index (κ2) is 10.9. The summed E-state index contributed by atoms with van der Waals surface area (Å²) in [6.07, 6.45) is 0.325. The van der Waals surface area contributed by atoms with E-state index in [2.05, 4.69) is 5.32 Å². The number of carbonyl (C=O) groups excluding carboxylic acids is 3. The fourth-order valence-corrected chi connectivity index (χ4v) is 4.21. The Bertz CT molecular complexity index is 1240. The number of hydrogen-bond acceptors (Lipinski definition) is 5. The molecule has 1 aliphatic rings. The van der Waals surface area contributed by atoms with Gasteiger partial charge in [0.05, 0.1) is 26.3 Å². The molecule has 4 amide bonds. The number of carbonyl (C=O) groups is 3. The molecule has 0 saturated carbocycles. The van der Waals surface area contributed by atoms with E-state index < -0.39 is 18.0 Å². The predicted octanol–water partition coefficient (Wildman–Crippen LogP) is 4.42. The molecule has 3 aromatic rings. The molecule has 1 fully saturated rings. The van der Waals surface area contributed by atoms with Gasteiger partial charge >= 0.3 is 6.03 Å². The van der Waals surface area contributed by atoms with E-state index in [1.54, 1.807) is 44.6 Å². The van der Waals surface area contributed by atoms with Gasteiger partial charge in [-0.15, -0.1) is 0 Å². The first kappa shape index (κ1) is 24.8. The molecule has 1 atom stereocenters. The van der Waals surface area contributed by atoms with Crippen LogP contribution in [0.3, 0.4) is 0 Å². The number of imide groups is 1. The van der Waals surface area contributed by atoms with E-state index >= 15 is 0 Å². The van der Waals surface area contributed by atoms with Gasteiger partial charge in [0.25, 0.3) is 5.91 Å². The van der Waals surface area contributed by atoms with Crippen molar-refractivity contribution in [1.82, 2.24) is 4.90 Å². The molecule has 0 bridgehead atoms. The second-order valence-electron chi connectivity index (χ2n) is 8.56. The van der Waals surface area contributed by atoms with Gasteiger partial charge in [0.15, 0.2) is 11.5 Å². The molecule has 0 aromatic heterocycles. The van der Waals surface area contributed by atoms with Gasteiger partial charge in [0.2, 0.25) is 5.91 Å². The average molecular weight is 488 g/mol. The molecule has 0 aliphatic carbocycles. The maximum Gasteiger partial charge on any atom is 0.332 e. The summed E-state index contributed by atoms with van der Waals surface area (Å²) in [4.78, 5) is 42.4. The average Bonchev–Trinajstić information content (AvgIpc) is 3.12. The van der Waals surface area contributed by atoms with E-state index in [4.69, 9.17) is 9.47 Å². The lowest BCUT2D eigenvalue weighted by Crippen LogP contribution is -2.39. The van der Waals surface area contributed by atoms with Gasteiger partial charge in [-0.25, -0.2) is 9.69 Å². The number of nitrogens with one attached hydrogen (secondary N) is 1. The maximum atomic E-state index is 13.5. The Hall–Kier alpha value is -4.33. The Morgan fingerprint density at radius 3 is 2.28 bits per heavy atom. The van der Waals surface area contributed by atoms with Crippen molar-refractivity contribution < 1.29 is 23.9 Å². The van der Waals surface area contributed by atoms with Gasteiger partial charge in [-0.3, -0.25) is 9.59 Å². The third kappa shape index (κ3) is 5.33. The molecule has 8 nitrogen and oxygen atoms in total. The molecular formula is C28H29N3O5. The highest BCUT2D eigenvalue weighted by Gasteiger charge is 2.46. The van der Waals surface area contributed by atoms with Gasteiger partial charge in [-0.2, -0.15) is 0 Å². The van der Waals surface area contributed by atoms with E-state index in [0.29, 0.717) is 29.3 Å². The number of anilines is 2. The smallest absolute Gasteiger partial charge is 0.332 e. The first-order valence-electron chi connectivity index (χ1n) is 11.7. The van der Waals surface area contributed by atoms with Gasteiger partial charge in [0.1, 0.15) is 6.04 Å². The molecule has 1 N–H and O–H groups in total. The van der Waals surface area contributed by atoms with Crippen molar-refractivity contribution >= 4 is 29.2 Å². The van der Waals surface area contributed by atoms with E-state index in [-0.39, 0.29) is 18.9 Å². The van der Waals surface area contributed by atoms with Crippen molar-refractivity contribution in [2.75, 3.05) is 31.0 Å². The third-order valence-corrected chi connectivity index (χ3v) is 6.14. The van der Waals surface area contributed by atoms with Crippen LogP contribution in [-0.4, -0.2) is 49.6 Å². The quantitative estimate of drug-likeness (QED) is 0.452. The Morgan fingerprint density at radius 2 is 1.61 bits per heavy atom. The molecule has 0 radical (unpaired) electrons. The number of hydrogen-bond donors (Lipinski definition) is 1. The van der Waals surface area contributed by atoms with Gasteiger partial charge in [0, 0.05) is 12.2 Å². The Balaban J connectivity index is 1.56. The number of rotatable bonds is 9. The number of urea groups is 1. The van der Waals surface area contributed by atoms with Gasteiger partial charge < -0.3 is 19.7 Å². The van der Waals surface area contributed by atoms with Crippen molar-refractivity contribution in [3.05, 3.63) is 83.9 Å². The van der Waals surface area contributed by atoms with Crippen LogP contribution in [-0.2, 0) is 16.0 Å². The zero-order valence-corrected chi connectivity index (χ0v) is 20.6. The maximum absolute atomic E-state index is 13.5. The largest absolute Gasteiger partial charge is 0.493 e. The van der Waals surface area contributed by atoms with Crippen LogP contribution in [0, 0.1) is 6.92 Å². The number of methoxy groups -OCH3 is 2. The van der Waals surface area contributed by atoms with Crippen LogP contribution in [0.15, 0.2) is 72.8 Å². The van der Waals surface area contributed by atoms with Gasteiger partial charge in [-0.05, 0) is 55.3 Å². The van der Waals surface area contributed by atoms with Crippen molar-refractivity contribution in [3.8, 4) is 11.5 Å². The third-order valence-electron chi connectivity index (χ3n) is 6.14. The molecule has 0 unspecified atom stereocenters. The highest BCUT2D eigenvalue weighted by Crippen LogP contribution is 2.30. The van der Waals surface area contributed by atoms with E-state index in [0.717, 1.165) is 16.0 Å². The molecule has 8 heteroatoms. The van der Waals surface area contributed by atoms with Crippen LogP contribution in [0.1, 0.15) is 17.5 Å². The van der Waals surface area contributed by atoms with Crippen LogP contribution in [0.4, 0.5) is 16.2 Å². The van der Waals surface area contributed by atoms with Gasteiger partial charge in [-0.1, -0.05) is 42.0 Å². The highest BCUT2D eigenvalue weighted by molar-refractivity contribution is 6.22. The standard InChI is InChI=1S/C28H29N3O5/c1-19-9-12-22(13-10-19)31-27(33)23(18-26(32)29-21-7-5-4-6-8-21)30(28(31)34)16-15-20-11-14-24(35-2)25(17-20)36-3/h4-14,17,23H,15-16,18H2,1-3H3,(H,29,32)/t23-/m0/s1. The summed E-state index contributed by atoms with van der Waals surface area (Å²) < 4.78 is 10.7. The van der Waals surface area contributed by atoms with E-state index in [1.807, 2.05) is 49.4 Å². The van der Waals surface area contributed by atoms with Crippen LogP contribution in [0.2, 0.25) is 0 Å². The highest BCUT2D eigenvalue weighted by atomic mass is 16.5. The SMILES string of the molecule is COc1ccc(CCN2C(=O)N(c3ccc(C)cc3)C(=O)[C@@H]2CC(=O)Nc2ccccc2)cc1OC. The Kier molecular flexibility index (Phi) is 7.53. The molecule has 1 heterocycles. The minimum atomic E-state index is -0.914. The normalized spacial score (nSPS) is 15.2. The predicted molar refractivity (Wildman–Crippen MR) is 137 cm³/mol. The number of aryl methyl sites for hydroxylation is 1. The number of amides is 4. The lowest BCUT2D eigenvalue weighted by Gasteiger charge is -2.22. The van der Waals surface area contributed by atoms with Crippen molar-refractivity contribution in [2.24, 2.45) is 0 Å². The second-order valence-corrected chi connectivity index (χ2v) is 8.56. The van der Waals surface area contributed by atoms with Crippen LogP contribution >= 0.6 is 0 Å². The first-order chi connectivity index (χ1) is 17.4. The molecule has 1 aliphatic heterocycles. The van der Waals surface area contributed by atoms with Crippen molar-refractivity contribution in [2.45, 2.75) is 25.8 Å². The van der Waals surface area contributed by atoms with Crippen LogP contribution < -0.4 is 19.7 Å². The van der Waals surface area contributed by atoms with Crippen LogP contribution in [0.25, 0.3) is 0 Å². The molecule has 186 valence electrons. The summed E-state index contributed by atoms with van der Waals surface area (Å²) in [6.45, 7) is 2.19. The summed E-state index contributed by atoms with van der Waals surface area (Å²) in [7, 11) is 3.13. The lowest BCUT2D eigenvalue weighted by atomic mass is 10.1. The zero-order valence-electron chi connectivity index (χ0n) is 20.6. The molecule has 36 heavy (non-hydrogen) atoms. The van der Waals surface area contributed by atoms with Crippen molar-refractivity contribution in [1.29, 1.82) is 0 Å². The fraction of sp³-hybridized carbons (Fsp3) is 0.250. The number of para-hydroxylation sites is 1. The van der Waals surface area contributed by atoms with E-state index in [1.165, 1.54) is 4.90 Å². The first-order valence-corrected chi connectivity index (χ1v) is 11.7. The summed E-state index contributed by atoms with van der Waals surface area (Å²) in [6, 6.07) is 20.4. The van der Waals surface area contributed by atoms with Crippen LogP contribution in [0.5, 0.6) is 11.5 Å². The topological polar surface area (TPSA) is 88.2 Å². The Labute approximate surface area is 210 Å². The number of nitrogens with zero attached hydrogens (tertiary/aromatic N) is 2. The summed E-state index contributed by atoms with van der Waals surface area (Å²) in [5, 5.41) is 2.81. The number of ether oxygens (including phenoxy) is 2. The van der Waals surface area contributed by atoms with E-state index in [9.17, 15) is 14.4 Å². The monoisotopic (exact) mass is 487 g/mol. The molecule has 3 aromatic carbocycles. The minimum Gasteiger partial charge on any atom is -0.493 e. The summed E-state index contributed by atoms with van der Waals surface area (Å²) in [5.41, 5.74) is 3.04. The zero-order chi connectivity index (χ0) is 25.7. The Morgan fingerprint density at radius 1 is 0.917 bits per heavy atom. The fourth-order valence-electron chi connectivity index (χ4n) is 4.21. The molecule has 4 rings (SSSR count). The molecule has 0 spiro atoms. The summed E-state index contributed by atoms with van der Waals surface area (Å²) >= 11 is 0.